The molecule has 0 aromatic heterocycles. The third-order valence-corrected chi connectivity index (χ3v) is 3.47. The first kappa shape index (κ1) is 17.5. The molecule has 116 valence electrons. The number of benzene rings is 1. The van der Waals surface area contributed by atoms with E-state index >= 15 is 0 Å². The molecular weight excluding hydrogens is 292 g/mol. The second-order valence-electron chi connectivity index (χ2n) is 5.14. The van der Waals surface area contributed by atoms with Gasteiger partial charge in [-0.3, -0.25) is 14.9 Å². The van der Waals surface area contributed by atoms with E-state index in [0.29, 0.717) is 10.7 Å². The molecule has 0 fully saturated rings. The number of amides is 1. The largest absolute Gasteiger partial charge is 0.468 e. The number of methoxy groups -OCH3 is 1. The monoisotopic (exact) mass is 312 g/mol. The van der Waals surface area contributed by atoms with E-state index in [4.69, 9.17) is 16.3 Å². The van der Waals surface area contributed by atoms with Gasteiger partial charge in [0.15, 0.2) is 0 Å². The number of ether oxygens (including phenoxy) is 1. The summed E-state index contributed by atoms with van der Waals surface area (Å²) in [5, 5.41) is 6.21. The molecule has 2 N–H and O–H groups in total. The SMILES string of the molecule is COC(=O)C(NCC(=O)Nc1ccc(C)c(Cl)c1)C(C)C. The zero-order valence-corrected chi connectivity index (χ0v) is 13.5. The van der Waals surface area contributed by atoms with Crippen molar-refractivity contribution in [3.63, 3.8) is 0 Å². The highest BCUT2D eigenvalue weighted by atomic mass is 35.5. The van der Waals surface area contributed by atoms with E-state index in [1.807, 2.05) is 26.8 Å². The number of esters is 1. The topological polar surface area (TPSA) is 67.4 Å². The second kappa shape index (κ2) is 8.00. The Kier molecular flexibility index (Phi) is 6.65. The van der Waals surface area contributed by atoms with E-state index in [2.05, 4.69) is 10.6 Å². The summed E-state index contributed by atoms with van der Waals surface area (Å²) >= 11 is 6.00. The van der Waals surface area contributed by atoms with E-state index in [-0.39, 0.29) is 24.3 Å². The first-order valence-corrected chi connectivity index (χ1v) is 7.10. The Hall–Kier alpha value is -1.59. The van der Waals surface area contributed by atoms with Crippen LogP contribution in [0.25, 0.3) is 0 Å². The molecule has 0 radical (unpaired) electrons. The average Bonchev–Trinajstić information content (AvgIpc) is 2.42. The van der Waals surface area contributed by atoms with Gasteiger partial charge in [0.1, 0.15) is 6.04 Å². The number of nitrogens with one attached hydrogen (secondary N) is 2. The minimum Gasteiger partial charge on any atom is -0.468 e. The quantitative estimate of drug-likeness (QED) is 0.791. The summed E-state index contributed by atoms with van der Waals surface area (Å²) in [6.07, 6.45) is 0. The number of hydrogen-bond donors (Lipinski definition) is 2. The maximum atomic E-state index is 11.9. The minimum atomic E-state index is -0.512. The first-order valence-electron chi connectivity index (χ1n) is 6.72. The lowest BCUT2D eigenvalue weighted by atomic mass is 10.0. The van der Waals surface area contributed by atoms with Crippen LogP contribution in [-0.4, -0.2) is 31.6 Å². The molecule has 1 rings (SSSR count). The molecule has 1 unspecified atom stereocenters. The van der Waals surface area contributed by atoms with Crippen LogP contribution in [0, 0.1) is 12.8 Å². The van der Waals surface area contributed by atoms with Crippen LogP contribution in [0.5, 0.6) is 0 Å². The fraction of sp³-hybridized carbons (Fsp3) is 0.467. The highest BCUT2D eigenvalue weighted by Gasteiger charge is 2.23. The third kappa shape index (κ3) is 5.36. The Balaban J connectivity index is 2.56. The van der Waals surface area contributed by atoms with Crippen molar-refractivity contribution in [3.8, 4) is 0 Å². The van der Waals surface area contributed by atoms with Crippen molar-refractivity contribution in [2.75, 3.05) is 19.0 Å². The summed E-state index contributed by atoms with van der Waals surface area (Å²) in [5.41, 5.74) is 1.56. The van der Waals surface area contributed by atoms with Crippen LogP contribution in [-0.2, 0) is 14.3 Å². The molecule has 1 amide bonds. The van der Waals surface area contributed by atoms with E-state index < -0.39 is 6.04 Å². The normalized spacial score (nSPS) is 12.1. The predicted octanol–water partition coefficient (Wildman–Crippen LogP) is 2.37. The lowest BCUT2D eigenvalue weighted by Gasteiger charge is -2.19. The summed E-state index contributed by atoms with van der Waals surface area (Å²) in [4.78, 5) is 23.5. The number of halogens is 1. The summed E-state index contributed by atoms with van der Waals surface area (Å²) in [6.45, 7) is 5.67. The molecule has 0 aliphatic heterocycles. The number of carbonyl (C=O) groups is 2. The molecule has 0 saturated heterocycles. The first-order chi connectivity index (χ1) is 9.85. The fourth-order valence-electron chi connectivity index (χ4n) is 1.80. The minimum absolute atomic E-state index is 0.0173. The number of hydrogen-bond acceptors (Lipinski definition) is 4. The molecule has 0 heterocycles. The Bertz CT molecular complexity index is 518. The van der Waals surface area contributed by atoms with Crippen LogP contribution in [0.15, 0.2) is 18.2 Å². The molecule has 0 aliphatic carbocycles. The molecule has 0 spiro atoms. The van der Waals surface area contributed by atoms with Crippen molar-refractivity contribution in [1.29, 1.82) is 0 Å². The molecule has 0 saturated carbocycles. The van der Waals surface area contributed by atoms with Gasteiger partial charge in [0.05, 0.1) is 13.7 Å². The van der Waals surface area contributed by atoms with Crippen molar-refractivity contribution in [2.45, 2.75) is 26.8 Å². The van der Waals surface area contributed by atoms with Crippen molar-refractivity contribution in [2.24, 2.45) is 5.92 Å². The van der Waals surface area contributed by atoms with Gasteiger partial charge in [0, 0.05) is 10.7 Å². The number of carbonyl (C=O) groups excluding carboxylic acids is 2. The van der Waals surface area contributed by atoms with Gasteiger partial charge < -0.3 is 10.1 Å². The Morgan fingerprint density at radius 1 is 1.33 bits per heavy atom. The molecular formula is C15H21ClN2O3. The van der Waals surface area contributed by atoms with Crippen molar-refractivity contribution in [3.05, 3.63) is 28.8 Å². The highest BCUT2D eigenvalue weighted by molar-refractivity contribution is 6.31. The number of anilines is 1. The number of aryl methyl sites for hydroxylation is 1. The molecule has 21 heavy (non-hydrogen) atoms. The Morgan fingerprint density at radius 2 is 2.00 bits per heavy atom. The molecule has 0 aliphatic rings. The van der Waals surface area contributed by atoms with Gasteiger partial charge in [0.25, 0.3) is 0 Å². The van der Waals surface area contributed by atoms with E-state index in [0.717, 1.165) is 5.56 Å². The molecule has 0 bridgehead atoms. The Labute approximate surface area is 130 Å². The average molecular weight is 313 g/mol. The number of rotatable bonds is 6. The van der Waals surface area contributed by atoms with Crippen LogP contribution >= 0.6 is 11.6 Å². The molecule has 1 atom stereocenters. The van der Waals surface area contributed by atoms with Gasteiger partial charge in [0.2, 0.25) is 5.91 Å². The van der Waals surface area contributed by atoms with Gasteiger partial charge in [-0.15, -0.1) is 0 Å². The summed E-state index contributed by atoms with van der Waals surface area (Å²) in [7, 11) is 1.33. The summed E-state index contributed by atoms with van der Waals surface area (Å²) in [5.74, 6) is -0.597. The third-order valence-electron chi connectivity index (χ3n) is 3.06. The van der Waals surface area contributed by atoms with E-state index in [9.17, 15) is 9.59 Å². The molecule has 5 nitrogen and oxygen atoms in total. The van der Waals surface area contributed by atoms with Gasteiger partial charge >= 0.3 is 5.97 Å². The second-order valence-corrected chi connectivity index (χ2v) is 5.55. The Morgan fingerprint density at radius 3 is 2.52 bits per heavy atom. The van der Waals surface area contributed by atoms with E-state index in [1.54, 1.807) is 12.1 Å². The molecule has 1 aromatic rings. The fourth-order valence-corrected chi connectivity index (χ4v) is 1.98. The lowest BCUT2D eigenvalue weighted by molar-refractivity contribution is -0.144. The maximum Gasteiger partial charge on any atom is 0.323 e. The van der Waals surface area contributed by atoms with Crippen molar-refractivity contribution < 1.29 is 14.3 Å². The predicted molar refractivity (Wildman–Crippen MR) is 83.5 cm³/mol. The van der Waals surface area contributed by atoms with E-state index in [1.165, 1.54) is 7.11 Å². The zero-order valence-electron chi connectivity index (χ0n) is 12.7. The van der Waals surface area contributed by atoms with Crippen LogP contribution in [0.1, 0.15) is 19.4 Å². The van der Waals surface area contributed by atoms with Crippen LogP contribution < -0.4 is 10.6 Å². The van der Waals surface area contributed by atoms with Crippen molar-refractivity contribution >= 4 is 29.2 Å². The van der Waals surface area contributed by atoms with Crippen LogP contribution in [0.2, 0.25) is 5.02 Å². The molecule has 1 aromatic carbocycles. The summed E-state index contributed by atoms with van der Waals surface area (Å²) < 4.78 is 4.70. The van der Waals surface area contributed by atoms with Gasteiger partial charge in [-0.05, 0) is 30.5 Å². The zero-order chi connectivity index (χ0) is 16.0. The van der Waals surface area contributed by atoms with Gasteiger partial charge in [-0.25, -0.2) is 0 Å². The highest BCUT2D eigenvalue weighted by Crippen LogP contribution is 2.19. The van der Waals surface area contributed by atoms with Gasteiger partial charge in [-0.1, -0.05) is 31.5 Å². The van der Waals surface area contributed by atoms with Crippen molar-refractivity contribution in [1.82, 2.24) is 5.32 Å². The maximum absolute atomic E-state index is 11.9. The lowest BCUT2D eigenvalue weighted by Crippen LogP contribution is -2.45. The summed E-state index contributed by atoms with van der Waals surface area (Å²) in [6, 6.07) is 4.79. The van der Waals surface area contributed by atoms with Crippen LogP contribution in [0.3, 0.4) is 0 Å². The smallest absolute Gasteiger partial charge is 0.323 e. The van der Waals surface area contributed by atoms with Gasteiger partial charge in [-0.2, -0.15) is 0 Å². The standard InChI is InChI=1S/C15H21ClN2O3/c1-9(2)14(15(20)21-4)17-8-13(19)18-11-6-5-10(3)12(16)7-11/h5-7,9,14,17H,8H2,1-4H3,(H,18,19). The van der Waals surface area contributed by atoms with Crippen LogP contribution in [0.4, 0.5) is 5.69 Å². The molecule has 6 heteroatoms.